The van der Waals surface area contributed by atoms with E-state index in [-0.39, 0.29) is 19.6 Å². The minimum absolute atomic E-state index is 0.0998. The van der Waals surface area contributed by atoms with Crippen molar-refractivity contribution in [1.82, 2.24) is 0 Å². The van der Waals surface area contributed by atoms with Crippen LogP contribution in [0.15, 0.2) is 30.3 Å². The summed E-state index contributed by atoms with van der Waals surface area (Å²) in [6.07, 6.45) is -1.24. The Morgan fingerprint density at radius 1 is 1.35 bits per heavy atom. The highest BCUT2D eigenvalue weighted by Gasteiger charge is 2.23. The van der Waals surface area contributed by atoms with Gasteiger partial charge in [0.2, 0.25) is 0 Å². The Labute approximate surface area is 99.8 Å². The lowest BCUT2D eigenvalue weighted by Gasteiger charge is -2.16. The summed E-state index contributed by atoms with van der Waals surface area (Å²) in [7, 11) is 0. The second-order valence-corrected chi connectivity index (χ2v) is 3.71. The van der Waals surface area contributed by atoms with Crippen molar-refractivity contribution < 1.29 is 19.7 Å². The monoisotopic (exact) mass is 239 g/mol. The van der Waals surface area contributed by atoms with Gasteiger partial charge in [0.25, 0.3) is 0 Å². The van der Waals surface area contributed by atoms with Crippen LogP contribution in [-0.2, 0) is 16.1 Å². The number of esters is 1. The van der Waals surface area contributed by atoms with E-state index in [2.05, 4.69) is 0 Å². The van der Waals surface area contributed by atoms with E-state index in [1.54, 1.807) is 0 Å². The average molecular weight is 239 g/mol. The summed E-state index contributed by atoms with van der Waals surface area (Å²) in [6.45, 7) is -0.0766. The Hall–Kier alpha value is -1.43. The molecule has 0 spiro atoms. The summed E-state index contributed by atoms with van der Waals surface area (Å²) < 4.78 is 4.91. The van der Waals surface area contributed by atoms with Crippen LogP contribution in [-0.4, -0.2) is 34.9 Å². The van der Waals surface area contributed by atoms with Crippen molar-refractivity contribution in [3.63, 3.8) is 0 Å². The third-order valence-corrected chi connectivity index (χ3v) is 2.33. The normalized spacial score (nSPS) is 14.1. The summed E-state index contributed by atoms with van der Waals surface area (Å²) in [6, 6.07) is 8.34. The van der Waals surface area contributed by atoms with Crippen molar-refractivity contribution >= 4 is 5.97 Å². The molecule has 17 heavy (non-hydrogen) atoms. The summed E-state index contributed by atoms with van der Waals surface area (Å²) in [5, 5.41) is 18.1. The fourth-order valence-electron chi connectivity index (χ4n) is 1.30. The van der Waals surface area contributed by atoms with E-state index in [0.29, 0.717) is 0 Å². The van der Waals surface area contributed by atoms with Gasteiger partial charge in [-0.25, -0.2) is 4.79 Å². The Morgan fingerprint density at radius 3 is 2.59 bits per heavy atom. The smallest absolute Gasteiger partial charge is 0.336 e. The van der Waals surface area contributed by atoms with Crippen molar-refractivity contribution in [3.8, 4) is 0 Å². The maximum Gasteiger partial charge on any atom is 0.336 e. The van der Waals surface area contributed by atoms with E-state index in [1.165, 1.54) is 0 Å². The predicted molar refractivity (Wildman–Crippen MR) is 61.9 cm³/mol. The van der Waals surface area contributed by atoms with Crippen LogP contribution in [0.5, 0.6) is 0 Å². The van der Waals surface area contributed by atoms with Gasteiger partial charge in [0.05, 0.1) is 0 Å². The maximum absolute atomic E-state index is 11.4. The van der Waals surface area contributed by atoms with Gasteiger partial charge in [0.1, 0.15) is 6.61 Å². The van der Waals surface area contributed by atoms with Gasteiger partial charge in [-0.15, -0.1) is 0 Å². The van der Waals surface area contributed by atoms with E-state index < -0.39 is 18.1 Å². The maximum atomic E-state index is 11.4. The predicted octanol–water partition coefficient (Wildman–Crippen LogP) is -0.200. The number of rotatable bonds is 6. The standard InChI is InChI=1S/C12H17NO4/c13-10(6-7-14)11(15)12(16)17-8-9-4-2-1-3-5-9/h1-5,10-11,14-15H,6-8,13H2. The molecule has 0 aliphatic carbocycles. The Balaban J connectivity index is 2.39. The molecule has 0 saturated heterocycles. The van der Waals surface area contributed by atoms with Gasteiger partial charge < -0.3 is 20.7 Å². The topological polar surface area (TPSA) is 92.8 Å². The zero-order valence-corrected chi connectivity index (χ0v) is 9.45. The molecule has 0 aliphatic heterocycles. The average Bonchev–Trinajstić information content (AvgIpc) is 2.36. The van der Waals surface area contributed by atoms with Crippen LogP contribution in [0, 0.1) is 0 Å². The Bertz CT molecular complexity index is 342. The largest absolute Gasteiger partial charge is 0.459 e. The molecule has 0 heterocycles. The van der Waals surface area contributed by atoms with Crippen molar-refractivity contribution in [2.24, 2.45) is 5.73 Å². The Morgan fingerprint density at radius 2 is 2.00 bits per heavy atom. The molecular formula is C12H17NO4. The molecule has 0 saturated carbocycles. The van der Waals surface area contributed by atoms with Crippen molar-refractivity contribution in [2.45, 2.75) is 25.2 Å². The van der Waals surface area contributed by atoms with Gasteiger partial charge in [0.15, 0.2) is 6.10 Å². The summed E-state index contributed by atoms with van der Waals surface area (Å²) in [5.41, 5.74) is 6.32. The van der Waals surface area contributed by atoms with Crippen LogP contribution in [0.1, 0.15) is 12.0 Å². The molecule has 94 valence electrons. The van der Waals surface area contributed by atoms with Gasteiger partial charge >= 0.3 is 5.97 Å². The number of benzene rings is 1. The lowest BCUT2D eigenvalue weighted by Crippen LogP contribution is -2.42. The third-order valence-electron chi connectivity index (χ3n) is 2.33. The molecule has 0 amide bonds. The molecule has 4 N–H and O–H groups in total. The van der Waals surface area contributed by atoms with Crippen LogP contribution in [0.25, 0.3) is 0 Å². The summed E-state index contributed by atoms with van der Waals surface area (Å²) in [4.78, 5) is 11.4. The molecule has 1 aromatic rings. The molecule has 2 atom stereocenters. The van der Waals surface area contributed by atoms with Crippen LogP contribution in [0.2, 0.25) is 0 Å². The quantitative estimate of drug-likeness (QED) is 0.598. The minimum atomic E-state index is -1.40. The van der Waals surface area contributed by atoms with E-state index >= 15 is 0 Å². The number of aliphatic hydroxyl groups is 2. The van der Waals surface area contributed by atoms with Gasteiger partial charge in [0, 0.05) is 12.6 Å². The fourth-order valence-corrected chi connectivity index (χ4v) is 1.30. The highest BCUT2D eigenvalue weighted by atomic mass is 16.5. The molecule has 5 nitrogen and oxygen atoms in total. The molecule has 1 rings (SSSR count). The first-order valence-corrected chi connectivity index (χ1v) is 5.40. The zero-order valence-electron chi connectivity index (χ0n) is 9.45. The van der Waals surface area contributed by atoms with Gasteiger partial charge in [-0.05, 0) is 12.0 Å². The van der Waals surface area contributed by atoms with Crippen molar-refractivity contribution in [3.05, 3.63) is 35.9 Å². The SMILES string of the molecule is NC(CCO)C(O)C(=O)OCc1ccccc1. The number of hydrogen-bond donors (Lipinski definition) is 3. The Kier molecular flexibility index (Phi) is 5.62. The molecular weight excluding hydrogens is 222 g/mol. The van der Waals surface area contributed by atoms with Crippen LogP contribution in [0.4, 0.5) is 0 Å². The molecule has 0 fully saturated rings. The first-order chi connectivity index (χ1) is 8.15. The number of carbonyl (C=O) groups is 1. The number of aliphatic hydroxyl groups excluding tert-OH is 2. The van der Waals surface area contributed by atoms with Gasteiger partial charge in [-0.2, -0.15) is 0 Å². The summed E-state index contributed by atoms with van der Waals surface area (Å²) in [5.74, 6) is -0.769. The lowest BCUT2D eigenvalue weighted by atomic mass is 10.1. The zero-order chi connectivity index (χ0) is 12.7. The van der Waals surface area contributed by atoms with E-state index in [0.717, 1.165) is 5.56 Å². The molecule has 2 unspecified atom stereocenters. The summed E-state index contributed by atoms with van der Waals surface area (Å²) >= 11 is 0. The van der Waals surface area contributed by atoms with E-state index in [1.807, 2.05) is 30.3 Å². The number of hydrogen-bond acceptors (Lipinski definition) is 5. The van der Waals surface area contributed by atoms with Crippen LogP contribution >= 0.6 is 0 Å². The first kappa shape index (κ1) is 13.6. The molecule has 0 aliphatic rings. The second kappa shape index (κ2) is 7.01. The second-order valence-electron chi connectivity index (χ2n) is 3.71. The fraction of sp³-hybridized carbons (Fsp3) is 0.417. The first-order valence-electron chi connectivity index (χ1n) is 5.40. The van der Waals surface area contributed by atoms with Crippen molar-refractivity contribution in [1.29, 1.82) is 0 Å². The van der Waals surface area contributed by atoms with E-state index in [4.69, 9.17) is 15.6 Å². The third kappa shape index (κ3) is 4.52. The number of ether oxygens (including phenoxy) is 1. The highest BCUT2D eigenvalue weighted by Crippen LogP contribution is 2.04. The molecule has 0 radical (unpaired) electrons. The van der Waals surface area contributed by atoms with Crippen molar-refractivity contribution in [2.75, 3.05) is 6.61 Å². The highest BCUT2D eigenvalue weighted by molar-refractivity contribution is 5.75. The van der Waals surface area contributed by atoms with Gasteiger partial charge in [-0.1, -0.05) is 30.3 Å². The van der Waals surface area contributed by atoms with Gasteiger partial charge in [-0.3, -0.25) is 0 Å². The minimum Gasteiger partial charge on any atom is -0.459 e. The number of carbonyl (C=O) groups excluding carboxylic acids is 1. The molecule has 0 aromatic heterocycles. The molecule has 5 heteroatoms. The van der Waals surface area contributed by atoms with Crippen LogP contribution in [0.3, 0.4) is 0 Å². The molecule has 1 aromatic carbocycles. The van der Waals surface area contributed by atoms with Crippen LogP contribution < -0.4 is 5.73 Å². The van der Waals surface area contributed by atoms with E-state index in [9.17, 15) is 9.90 Å². The number of nitrogens with two attached hydrogens (primary N) is 1. The lowest BCUT2D eigenvalue weighted by molar-refractivity contribution is -0.156. The molecule has 0 bridgehead atoms.